The molecule has 0 fully saturated rings. The highest BCUT2D eigenvalue weighted by Crippen LogP contribution is 2.47. The second-order valence-electron chi connectivity index (χ2n) is 7.25. The van der Waals surface area contributed by atoms with Gasteiger partial charge in [-0.15, -0.1) is 13.2 Å². The number of hydrogen-bond acceptors (Lipinski definition) is 3. The van der Waals surface area contributed by atoms with Gasteiger partial charge in [-0.1, -0.05) is 66.7 Å². The molecule has 1 aliphatic carbocycles. The molecule has 0 radical (unpaired) electrons. The number of rotatable bonds is 3. The number of nitrogens with zero attached hydrogens (tertiary/aromatic N) is 1. The van der Waals surface area contributed by atoms with Crippen molar-refractivity contribution < 1.29 is 23.0 Å². The predicted molar refractivity (Wildman–Crippen MR) is 111 cm³/mol. The maximum absolute atomic E-state index is 12.7. The maximum atomic E-state index is 12.7. The first-order chi connectivity index (χ1) is 14.9. The Morgan fingerprint density at radius 2 is 1.48 bits per heavy atom. The molecule has 1 atom stereocenters. The van der Waals surface area contributed by atoms with Crippen LogP contribution in [0.1, 0.15) is 17.2 Å². The van der Waals surface area contributed by atoms with Crippen molar-refractivity contribution in [3.8, 4) is 39.4 Å². The van der Waals surface area contributed by atoms with E-state index in [1.807, 2.05) is 54.6 Å². The molecule has 1 aliphatic rings. The van der Waals surface area contributed by atoms with Crippen molar-refractivity contribution in [2.45, 2.75) is 12.5 Å². The molecule has 6 heteroatoms. The Hall–Kier alpha value is -3.64. The normalized spacial score (nSPS) is 14.8. The number of fused-ring (bicyclic) bond motifs is 3. The third-order valence-corrected chi connectivity index (χ3v) is 5.29. The van der Waals surface area contributed by atoms with Gasteiger partial charge >= 0.3 is 6.36 Å². The van der Waals surface area contributed by atoms with Gasteiger partial charge in [-0.25, -0.2) is 4.98 Å². The summed E-state index contributed by atoms with van der Waals surface area (Å²) in [6.45, 7) is 0. The van der Waals surface area contributed by atoms with Crippen molar-refractivity contribution in [3.05, 3.63) is 96.1 Å². The number of pyridine rings is 1. The van der Waals surface area contributed by atoms with Gasteiger partial charge in [-0.2, -0.15) is 0 Å². The van der Waals surface area contributed by atoms with Crippen molar-refractivity contribution in [3.63, 3.8) is 0 Å². The van der Waals surface area contributed by atoms with Crippen LogP contribution in [0.5, 0.6) is 5.75 Å². The SMILES string of the molecule is OC1c2ccccc2-c2nc(-c3cccc(OC(F)(F)F)c3)cc(-c3ccccc3)c21. The number of aliphatic hydroxyl groups excluding tert-OH is 1. The molecule has 3 aromatic carbocycles. The molecule has 0 spiro atoms. The van der Waals surface area contributed by atoms with Gasteiger partial charge in [0.05, 0.1) is 11.4 Å². The van der Waals surface area contributed by atoms with Crippen LogP contribution in [0.15, 0.2) is 84.9 Å². The second-order valence-corrected chi connectivity index (χ2v) is 7.25. The molecule has 1 unspecified atom stereocenters. The van der Waals surface area contributed by atoms with E-state index in [9.17, 15) is 18.3 Å². The topological polar surface area (TPSA) is 42.4 Å². The maximum Gasteiger partial charge on any atom is 0.573 e. The first-order valence-electron chi connectivity index (χ1n) is 9.64. The van der Waals surface area contributed by atoms with E-state index < -0.39 is 12.5 Å². The van der Waals surface area contributed by atoms with Gasteiger partial charge in [-0.3, -0.25) is 0 Å². The molecule has 0 saturated heterocycles. The smallest absolute Gasteiger partial charge is 0.406 e. The highest BCUT2D eigenvalue weighted by molar-refractivity contribution is 5.86. The summed E-state index contributed by atoms with van der Waals surface area (Å²) < 4.78 is 42.1. The average Bonchev–Trinajstić information content (AvgIpc) is 3.05. The van der Waals surface area contributed by atoms with E-state index in [0.717, 1.165) is 22.3 Å². The average molecular weight is 419 g/mol. The fourth-order valence-corrected chi connectivity index (χ4v) is 4.00. The lowest BCUT2D eigenvalue weighted by atomic mass is 9.95. The number of aliphatic hydroxyl groups is 1. The molecular formula is C25H16F3NO2. The zero-order valence-corrected chi connectivity index (χ0v) is 16.1. The van der Waals surface area contributed by atoms with Crippen molar-refractivity contribution in [1.82, 2.24) is 4.98 Å². The highest BCUT2D eigenvalue weighted by atomic mass is 19.4. The second kappa shape index (κ2) is 7.25. The quantitative estimate of drug-likeness (QED) is 0.419. The lowest BCUT2D eigenvalue weighted by Gasteiger charge is -2.15. The summed E-state index contributed by atoms with van der Waals surface area (Å²) >= 11 is 0. The van der Waals surface area contributed by atoms with Crippen molar-refractivity contribution in [2.75, 3.05) is 0 Å². The van der Waals surface area contributed by atoms with E-state index >= 15 is 0 Å². The summed E-state index contributed by atoms with van der Waals surface area (Å²) in [5.74, 6) is -0.311. The zero-order chi connectivity index (χ0) is 21.6. The fourth-order valence-electron chi connectivity index (χ4n) is 4.00. The predicted octanol–water partition coefficient (Wildman–Crippen LogP) is 6.38. The van der Waals surface area contributed by atoms with Gasteiger partial charge in [0.2, 0.25) is 0 Å². The number of aromatic nitrogens is 1. The summed E-state index contributed by atoms with van der Waals surface area (Å²) in [6.07, 6.45) is -5.61. The number of ether oxygens (including phenoxy) is 1. The minimum Gasteiger partial charge on any atom is -0.406 e. The molecule has 0 saturated carbocycles. The van der Waals surface area contributed by atoms with E-state index in [0.29, 0.717) is 22.5 Å². The van der Waals surface area contributed by atoms with E-state index in [1.54, 1.807) is 12.1 Å². The third-order valence-electron chi connectivity index (χ3n) is 5.29. The minimum absolute atomic E-state index is 0.311. The minimum atomic E-state index is -4.78. The van der Waals surface area contributed by atoms with Crippen molar-refractivity contribution >= 4 is 0 Å². The Kier molecular flexibility index (Phi) is 4.52. The molecule has 1 heterocycles. The van der Waals surface area contributed by atoms with Crippen molar-refractivity contribution in [2.24, 2.45) is 0 Å². The Bertz CT molecular complexity index is 1270. The fraction of sp³-hybridized carbons (Fsp3) is 0.0800. The molecule has 4 aromatic rings. The first-order valence-corrected chi connectivity index (χ1v) is 9.64. The summed E-state index contributed by atoms with van der Waals surface area (Å²) in [7, 11) is 0. The molecule has 31 heavy (non-hydrogen) atoms. The molecule has 1 N–H and O–H groups in total. The number of hydrogen-bond donors (Lipinski definition) is 1. The van der Waals surface area contributed by atoms with E-state index in [2.05, 4.69) is 4.74 Å². The molecule has 154 valence electrons. The number of benzene rings is 3. The van der Waals surface area contributed by atoms with Crippen molar-refractivity contribution in [1.29, 1.82) is 0 Å². The van der Waals surface area contributed by atoms with Gasteiger partial charge in [0.1, 0.15) is 11.9 Å². The Morgan fingerprint density at radius 1 is 0.774 bits per heavy atom. The van der Waals surface area contributed by atoms with Crippen LogP contribution < -0.4 is 4.74 Å². The summed E-state index contributed by atoms with van der Waals surface area (Å²) in [4.78, 5) is 4.74. The number of alkyl halides is 3. The zero-order valence-electron chi connectivity index (χ0n) is 16.1. The van der Waals surface area contributed by atoms with E-state index in [-0.39, 0.29) is 5.75 Å². The Balaban J connectivity index is 1.72. The molecule has 3 nitrogen and oxygen atoms in total. The summed E-state index contributed by atoms with van der Waals surface area (Å²) in [5, 5.41) is 11.0. The molecule has 5 rings (SSSR count). The van der Waals surface area contributed by atoms with Gasteiger partial charge in [0.15, 0.2) is 0 Å². The monoisotopic (exact) mass is 419 g/mol. The summed E-state index contributed by atoms with van der Waals surface area (Å²) in [5.41, 5.74) is 5.54. The first kappa shape index (κ1) is 19.3. The lowest BCUT2D eigenvalue weighted by molar-refractivity contribution is -0.274. The van der Waals surface area contributed by atoms with Crippen LogP contribution in [0.4, 0.5) is 13.2 Å². The van der Waals surface area contributed by atoms with Gasteiger partial charge in [0, 0.05) is 16.7 Å². The standard InChI is InChI=1S/C25H16F3NO2/c26-25(27,28)31-17-10-6-9-16(13-17)21-14-20(15-7-2-1-3-8-15)22-23(29-21)18-11-4-5-12-19(18)24(22)30/h1-14,24,30H. The van der Waals surface area contributed by atoms with Crippen LogP contribution >= 0.6 is 0 Å². The Labute approximate surface area is 176 Å². The van der Waals surface area contributed by atoms with Crippen LogP contribution in [0.3, 0.4) is 0 Å². The molecule has 1 aromatic heterocycles. The molecule has 0 bridgehead atoms. The number of halogens is 3. The lowest BCUT2D eigenvalue weighted by Crippen LogP contribution is -2.17. The van der Waals surface area contributed by atoms with E-state index in [1.165, 1.54) is 18.2 Å². The van der Waals surface area contributed by atoms with Gasteiger partial charge < -0.3 is 9.84 Å². The van der Waals surface area contributed by atoms with Crippen LogP contribution in [0.2, 0.25) is 0 Å². The van der Waals surface area contributed by atoms with Crippen LogP contribution in [0.25, 0.3) is 33.6 Å². The van der Waals surface area contributed by atoms with Crippen LogP contribution in [-0.2, 0) is 0 Å². The van der Waals surface area contributed by atoms with Gasteiger partial charge in [-0.05, 0) is 34.9 Å². The van der Waals surface area contributed by atoms with Gasteiger partial charge in [0.25, 0.3) is 0 Å². The molecule has 0 amide bonds. The third kappa shape index (κ3) is 3.55. The summed E-state index contributed by atoms with van der Waals surface area (Å²) in [6, 6.07) is 24.6. The largest absolute Gasteiger partial charge is 0.573 e. The molecular weight excluding hydrogens is 403 g/mol. The van der Waals surface area contributed by atoms with E-state index in [4.69, 9.17) is 4.98 Å². The van der Waals surface area contributed by atoms with Crippen LogP contribution in [0, 0.1) is 0 Å². The highest BCUT2D eigenvalue weighted by Gasteiger charge is 2.33. The molecule has 0 aliphatic heterocycles. The Morgan fingerprint density at radius 3 is 2.26 bits per heavy atom. The van der Waals surface area contributed by atoms with Crippen LogP contribution in [-0.4, -0.2) is 16.5 Å².